The zero-order valence-corrected chi connectivity index (χ0v) is 15.4. The van der Waals surface area contributed by atoms with Crippen LogP contribution < -0.4 is 0 Å². The summed E-state index contributed by atoms with van der Waals surface area (Å²) in [5.74, 6) is 0. The van der Waals surface area contributed by atoms with E-state index in [1.807, 2.05) is 62.5 Å². The Balaban J connectivity index is 1.91. The molecule has 2 heterocycles. The Labute approximate surface area is 150 Å². The number of hydrogen-bond acceptors (Lipinski definition) is 4. The van der Waals surface area contributed by atoms with Gasteiger partial charge in [-0.25, -0.2) is 4.79 Å². The van der Waals surface area contributed by atoms with Gasteiger partial charge >= 0.3 is 6.09 Å². The molecule has 1 aromatic carbocycles. The van der Waals surface area contributed by atoms with E-state index in [0.29, 0.717) is 11.4 Å². The van der Waals surface area contributed by atoms with Gasteiger partial charge in [0.1, 0.15) is 5.60 Å². The number of halogens is 1. The molecule has 0 N–H and O–H groups in total. The molecule has 0 saturated heterocycles. The Kier molecular flexibility index (Phi) is 4.65. The van der Waals surface area contributed by atoms with Crippen LogP contribution >= 0.6 is 22.9 Å². The molecule has 4 nitrogen and oxygen atoms in total. The highest BCUT2D eigenvalue weighted by Crippen LogP contribution is 2.35. The van der Waals surface area contributed by atoms with E-state index in [1.54, 1.807) is 11.3 Å². The molecule has 1 aromatic heterocycles. The zero-order valence-electron chi connectivity index (χ0n) is 13.8. The summed E-state index contributed by atoms with van der Waals surface area (Å²) in [7, 11) is 0. The van der Waals surface area contributed by atoms with Crippen molar-refractivity contribution in [3.63, 3.8) is 0 Å². The highest BCUT2D eigenvalue weighted by Gasteiger charge is 2.36. The van der Waals surface area contributed by atoms with E-state index < -0.39 is 11.7 Å². The molecule has 3 rings (SSSR count). The maximum Gasteiger partial charge on any atom is 0.431 e. The van der Waals surface area contributed by atoms with E-state index in [4.69, 9.17) is 16.3 Å². The van der Waals surface area contributed by atoms with Gasteiger partial charge in [-0.05, 0) is 49.9 Å². The van der Waals surface area contributed by atoms with Gasteiger partial charge in [-0.3, -0.25) is 0 Å². The minimum absolute atomic E-state index is 0.186. The van der Waals surface area contributed by atoms with Gasteiger partial charge in [0.05, 0.1) is 16.6 Å². The van der Waals surface area contributed by atoms with Crippen molar-refractivity contribution < 1.29 is 9.53 Å². The van der Waals surface area contributed by atoms with Crippen LogP contribution in [0, 0.1) is 0 Å². The first-order valence-corrected chi connectivity index (χ1v) is 8.98. The number of hydrogen-bond donors (Lipinski definition) is 0. The first-order valence-electron chi connectivity index (χ1n) is 7.72. The van der Waals surface area contributed by atoms with Crippen molar-refractivity contribution in [1.82, 2.24) is 5.01 Å². The third-order valence-corrected chi connectivity index (χ3v) is 4.72. The molecule has 1 amide bonds. The van der Waals surface area contributed by atoms with Crippen molar-refractivity contribution in [2.45, 2.75) is 38.8 Å². The molecule has 0 fully saturated rings. The summed E-state index contributed by atoms with van der Waals surface area (Å²) in [6.07, 6.45) is 0.218. The molecule has 0 spiro atoms. The molecular weight excluding hydrogens is 344 g/mol. The van der Waals surface area contributed by atoms with E-state index >= 15 is 0 Å². The lowest BCUT2D eigenvalue weighted by atomic mass is 10.0. The molecule has 2 aromatic rings. The van der Waals surface area contributed by atoms with Crippen molar-refractivity contribution in [1.29, 1.82) is 0 Å². The SMILES string of the molecule is CC(C)(C)OC(=O)N1N=C(c2cccs2)CC1c1ccc(Cl)cc1. The van der Waals surface area contributed by atoms with Crippen LogP contribution in [0.2, 0.25) is 5.02 Å². The number of carbonyl (C=O) groups excluding carboxylic acids is 1. The number of nitrogens with zero attached hydrogens (tertiary/aromatic N) is 2. The lowest BCUT2D eigenvalue weighted by molar-refractivity contribution is 0.0195. The molecule has 6 heteroatoms. The zero-order chi connectivity index (χ0) is 17.3. The Hall–Kier alpha value is -1.85. The van der Waals surface area contributed by atoms with Crippen LogP contribution in [-0.4, -0.2) is 22.4 Å². The molecule has 0 saturated carbocycles. The maximum atomic E-state index is 12.6. The average molecular weight is 363 g/mol. The van der Waals surface area contributed by atoms with E-state index in [2.05, 4.69) is 5.10 Å². The molecule has 126 valence electrons. The fraction of sp³-hybridized carbons (Fsp3) is 0.333. The van der Waals surface area contributed by atoms with Crippen LogP contribution in [0.5, 0.6) is 0 Å². The molecule has 0 aliphatic carbocycles. The summed E-state index contributed by atoms with van der Waals surface area (Å²) in [5.41, 5.74) is 1.32. The molecular formula is C18H19ClN2O2S. The van der Waals surface area contributed by atoms with E-state index in [-0.39, 0.29) is 6.04 Å². The molecule has 24 heavy (non-hydrogen) atoms. The lowest BCUT2D eigenvalue weighted by Crippen LogP contribution is -2.34. The second kappa shape index (κ2) is 6.57. The fourth-order valence-electron chi connectivity index (χ4n) is 2.52. The molecule has 1 unspecified atom stereocenters. The smallest absolute Gasteiger partial charge is 0.431 e. The monoisotopic (exact) mass is 362 g/mol. The number of rotatable bonds is 2. The third kappa shape index (κ3) is 3.79. The molecule has 0 bridgehead atoms. The Morgan fingerprint density at radius 3 is 2.58 bits per heavy atom. The maximum absolute atomic E-state index is 12.6. The number of benzene rings is 1. The minimum atomic E-state index is -0.567. The van der Waals surface area contributed by atoms with Gasteiger partial charge in [-0.1, -0.05) is 29.8 Å². The van der Waals surface area contributed by atoms with Gasteiger partial charge in [-0.2, -0.15) is 10.1 Å². The van der Waals surface area contributed by atoms with Gasteiger partial charge < -0.3 is 4.74 Å². The number of hydrazone groups is 1. The average Bonchev–Trinajstić information content (AvgIpc) is 3.15. The first-order chi connectivity index (χ1) is 11.3. The van der Waals surface area contributed by atoms with Gasteiger partial charge in [0.2, 0.25) is 0 Å². The van der Waals surface area contributed by atoms with E-state index in [1.165, 1.54) is 5.01 Å². The normalized spacial score (nSPS) is 17.8. The molecule has 1 atom stereocenters. The summed E-state index contributed by atoms with van der Waals surface area (Å²) in [6, 6.07) is 11.3. The van der Waals surface area contributed by atoms with Crippen molar-refractivity contribution in [3.05, 3.63) is 57.2 Å². The topological polar surface area (TPSA) is 41.9 Å². The summed E-state index contributed by atoms with van der Waals surface area (Å²) < 4.78 is 5.52. The van der Waals surface area contributed by atoms with Crippen LogP contribution in [0.15, 0.2) is 46.9 Å². The third-order valence-electron chi connectivity index (χ3n) is 3.55. The highest BCUT2D eigenvalue weighted by atomic mass is 35.5. The van der Waals surface area contributed by atoms with Crippen molar-refractivity contribution in [3.8, 4) is 0 Å². The van der Waals surface area contributed by atoms with E-state index in [9.17, 15) is 4.79 Å². The second-order valence-corrected chi connectivity index (χ2v) is 8.00. The quantitative estimate of drug-likeness (QED) is 0.709. The molecule has 1 aliphatic rings. The number of ether oxygens (including phenoxy) is 1. The summed E-state index contributed by atoms with van der Waals surface area (Å²) in [4.78, 5) is 13.7. The predicted molar refractivity (Wildman–Crippen MR) is 97.7 cm³/mol. The summed E-state index contributed by atoms with van der Waals surface area (Å²) in [6.45, 7) is 5.55. The van der Waals surface area contributed by atoms with Crippen LogP contribution in [0.3, 0.4) is 0 Å². The Bertz CT molecular complexity index is 748. The second-order valence-electron chi connectivity index (χ2n) is 6.62. The number of amides is 1. The van der Waals surface area contributed by atoms with Gasteiger partial charge in [0.15, 0.2) is 0 Å². The van der Waals surface area contributed by atoms with Crippen molar-refractivity contribution >= 4 is 34.7 Å². The van der Waals surface area contributed by atoms with Crippen LogP contribution in [0.1, 0.15) is 43.7 Å². The van der Waals surface area contributed by atoms with Crippen molar-refractivity contribution in [2.24, 2.45) is 5.10 Å². The summed E-state index contributed by atoms with van der Waals surface area (Å²) in [5, 5.41) is 8.67. The number of carbonyl (C=O) groups is 1. The fourth-order valence-corrected chi connectivity index (χ4v) is 3.37. The van der Waals surface area contributed by atoms with Gasteiger partial charge in [0.25, 0.3) is 0 Å². The van der Waals surface area contributed by atoms with Crippen molar-refractivity contribution in [2.75, 3.05) is 0 Å². The van der Waals surface area contributed by atoms with Crippen LogP contribution in [0.25, 0.3) is 0 Å². The Morgan fingerprint density at radius 1 is 1.29 bits per heavy atom. The standard InChI is InChI=1S/C18H19ClN2O2S/c1-18(2,3)23-17(22)21-15(12-6-8-13(19)9-7-12)11-14(20-21)16-5-4-10-24-16/h4-10,15H,11H2,1-3H3. The predicted octanol–water partition coefficient (Wildman–Crippen LogP) is 5.49. The summed E-state index contributed by atoms with van der Waals surface area (Å²) >= 11 is 7.60. The highest BCUT2D eigenvalue weighted by molar-refractivity contribution is 7.12. The number of thiophene rings is 1. The minimum Gasteiger partial charge on any atom is -0.442 e. The van der Waals surface area contributed by atoms with E-state index in [0.717, 1.165) is 16.2 Å². The van der Waals surface area contributed by atoms with Crippen LogP contribution in [-0.2, 0) is 4.74 Å². The molecule has 0 radical (unpaired) electrons. The lowest BCUT2D eigenvalue weighted by Gasteiger charge is -2.26. The Morgan fingerprint density at radius 2 is 2.00 bits per heavy atom. The van der Waals surface area contributed by atoms with Crippen LogP contribution in [0.4, 0.5) is 4.79 Å². The van der Waals surface area contributed by atoms with Gasteiger partial charge in [0, 0.05) is 11.4 Å². The van der Waals surface area contributed by atoms with Gasteiger partial charge in [-0.15, -0.1) is 11.3 Å². The first kappa shape index (κ1) is 17.0. The molecule has 1 aliphatic heterocycles. The largest absolute Gasteiger partial charge is 0.442 e.